The molecule has 1 aromatic carbocycles. The number of nitrogens with one attached hydrogen (secondary N) is 2. The van der Waals surface area contributed by atoms with Crippen LogP contribution in [0.15, 0.2) is 41.2 Å². The van der Waals surface area contributed by atoms with Crippen molar-refractivity contribution in [2.24, 2.45) is 5.73 Å². The normalized spacial score (nSPS) is 17.2. The fourth-order valence-corrected chi connectivity index (χ4v) is 3.60. The summed E-state index contributed by atoms with van der Waals surface area (Å²) in [5.41, 5.74) is 7.27. The first-order chi connectivity index (χ1) is 12.5. The molecule has 6 nitrogen and oxygen atoms in total. The first kappa shape index (κ1) is 17.9. The maximum absolute atomic E-state index is 12.9. The summed E-state index contributed by atoms with van der Waals surface area (Å²) in [6, 6.07) is 11.0. The van der Waals surface area contributed by atoms with Crippen LogP contribution in [0.3, 0.4) is 0 Å². The van der Waals surface area contributed by atoms with Crippen LogP contribution in [0.2, 0.25) is 0 Å². The fraction of sp³-hybridized carbons (Fsp3) is 0.350. The largest absolute Gasteiger partial charge is 0.365 e. The third-order valence-electron chi connectivity index (χ3n) is 4.96. The summed E-state index contributed by atoms with van der Waals surface area (Å²) in [7, 11) is 0. The highest BCUT2D eigenvalue weighted by Crippen LogP contribution is 2.30. The lowest BCUT2D eigenvalue weighted by Gasteiger charge is -2.28. The molecule has 1 aromatic heterocycles. The van der Waals surface area contributed by atoms with Gasteiger partial charge in [0.05, 0.1) is 12.0 Å². The van der Waals surface area contributed by atoms with E-state index in [0.29, 0.717) is 12.8 Å². The third-order valence-corrected chi connectivity index (χ3v) is 4.96. The number of pyridine rings is 1. The molecule has 1 heterocycles. The number of H-pyrrole nitrogens is 1. The van der Waals surface area contributed by atoms with Crippen molar-refractivity contribution in [3.63, 3.8) is 0 Å². The molecule has 0 saturated heterocycles. The average Bonchev–Trinajstić information content (AvgIpc) is 2.62. The van der Waals surface area contributed by atoms with Gasteiger partial charge in [0.1, 0.15) is 5.56 Å². The maximum Gasteiger partial charge on any atom is 0.261 e. The zero-order valence-electron chi connectivity index (χ0n) is 14.7. The fourth-order valence-electron chi connectivity index (χ4n) is 3.60. The number of aryl methyl sites for hydroxylation is 1. The van der Waals surface area contributed by atoms with Gasteiger partial charge in [-0.2, -0.15) is 0 Å². The van der Waals surface area contributed by atoms with Gasteiger partial charge >= 0.3 is 0 Å². The number of fused-ring (bicyclic) bond motifs is 1. The predicted molar refractivity (Wildman–Crippen MR) is 98.9 cm³/mol. The first-order valence-electron chi connectivity index (χ1n) is 8.92. The third kappa shape index (κ3) is 3.54. The van der Waals surface area contributed by atoms with Gasteiger partial charge in [0.25, 0.3) is 11.5 Å². The number of hydrogen-bond acceptors (Lipinski definition) is 3. The number of carbonyl (C=O) groups excluding carboxylic acids is 2. The molecule has 6 heteroatoms. The summed E-state index contributed by atoms with van der Waals surface area (Å²) in [6.45, 7) is 1.98. The lowest BCUT2D eigenvalue weighted by Crippen LogP contribution is -2.36. The SMILES string of the molecule is CCC(C(=O)NC1CCCc2[nH]c(=O)c(C(N)=O)cc21)c1ccccc1. The Hall–Kier alpha value is -2.89. The van der Waals surface area contributed by atoms with Gasteiger partial charge in [-0.1, -0.05) is 37.3 Å². The van der Waals surface area contributed by atoms with E-state index in [9.17, 15) is 14.4 Å². The van der Waals surface area contributed by atoms with Crippen LogP contribution in [-0.4, -0.2) is 16.8 Å². The number of hydrogen-bond donors (Lipinski definition) is 3. The highest BCUT2D eigenvalue weighted by atomic mass is 16.2. The molecule has 2 aromatic rings. The summed E-state index contributed by atoms with van der Waals surface area (Å²) in [5.74, 6) is -1.05. The molecular weight excluding hydrogens is 330 g/mol. The van der Waals surface area contributed by atoms with Crippen molar-refractivity contribution in [3.8, 4) is 0 Å². The Bertz CT molecular complexity index is 874. The van der Waals surface area contributed by atoms with E-state index in [2.05, 4.69) is 10.3 Å². The minimum Gasteiger partial charge on any atom is -0.365 e. The molecule has 0 saturated carbocycles. The summed E-state index contributed by atoms with van der Waals surface area (Å²) in [6.07, 6.45) is 3.01. The van der Waals surface area contributed by atoms with Crippen LogP contribution in [0.5, 0.6) is 0 Å². The van der Waals surface area contributed by atoms with Gasteiger partial charge in [0.2, 0.25) is 5.91 Å². The first-order valence-corrected chi connectivity index (χ1v) is 8.92. The zero-order valence-corrected chi connectivity index (χ0v) is 14.7. The van der Waals surface area contributed by atoms with Crippen LogP contribution < -0.4 is 16.6 Å². The van der Waals surface area contributed by atoms with E-state index in [1.807, 2.05) is 37.3 Å². The second kappa shape index (κ2) is 7.56. The Balaban J connectivity index is 1.88. The molecule has 0 fully saturated rings. The average molecular weight is 353 g/mol. The number of benzene rings is 1. The molecule has 2 unspecified atom stereocenters. The number of carbonyl (C=O) groups is 2. The van der Waals surface area contributed by atoms with E-state index >= 15 is 0 Å². The Morgan fingerprint density at radius 2 is 2.04 bits per heavy atom. The molecule has 26 heavy (non-hydrogen) atoms. The lowest BCUT2D eigenvalue weighted by atomic mass is 9.89. The van der Waals surface area contributed by atoms with Crippen molar-refractivity contribution in [2.75, 3.05) is 0 Å². The van der Waals surface area contributed by atoms with Gasteiger partial charge in [-0.3, -0.25) is 14.4 Å². The van der Waals surface area contributed by atoms with E-state index in [0.717, 1.165) is 29.7 Å². The zero-order chi connectivity index (χ0) is 18.7. The van der Waals surface area contributed by atoms with E-state index < -0.39 is 11.5 Å². The molecular formula is C20H23N3O3. The molecule has 1 aliphatic rings. The van der Waals surface area contributed by atoms with Crippen molar-refractivity contribution in [1.82, 2.24) is 10.3 Å². The summed E-state index contributed by atoms with van der Waals surface area (Å²) in [5, 5.41) is 3.10. The van der Waals surface area contributed by atoms with Crippen molar-refractivity contribution in [1.29, 1.82) is 0 Å². The van der Waals surface area contributed by atoms with Crippen molar-refractivity contribution < 1.29 is 9.59 Å². The summed E-state index contributed by atoms with van der Waals surface area (Å²) >= 11 is 0. The Morgan fingerprint density at radius 3 is 2.69 bits per heavy atom. The molecule has 1 aliphatic carbocycles. The predicted octanol–water partition coefficient (Wildman–Crippen LogP) is 2.16. The number of primary amides is 1. The summed E-state index contributed by atoms with van der Waals surface area (Å²) < 4.78 is 0. The molecule has 4 N–H and O–H groups in total. The second-order valence-corrected chi connectivity index (χ2v) is 6.64. The molecule has 3 rings (SSSR count). The van der Waals surface area contributed by atoms with Crippen LogP contribution in [0.4, 0.5) is 0 Å². The van der Waals surface area contributed by atoms with Gasteiger partial charge in [-0.25, -0.2) is 0 Å². The van der Waals surface area contributed by atoms with Crippen LogP contribution in [0, 0.1) is 0 Å². The number of aromatic nitrogens is 1. The van der Waals surface area contributed by atoms with E-state index in [-0.39, 0.29) is 23.4 Å². The van der Waals surface area contributed by atoms with Gasteiger partial charge in [-0.05, 0) is 42.9 Å². The Labute approximate surface area is 151 Å². The van der Waals surface area contributed by atoms with E-state index in [1.165, 1.54) is 6.07 Å². The maximum atomic E-state index is 12.9. The van der Waals surface area contributed by atoms with Crippen molar-refractivity contribution >= 4 is 11.8 Å². The van der Waals surface area contributed by atoms with Crippen molar-refractivity contribution in [3.05, 3.63) is 69.1 Å². The minimum atomic E-state index is -0.763. The Morgan fingerprint density at radius 1 is 1.31 bits per heavy atom. The van der Waals surface area contributed by atoms with Crippen LogP contribution in [-0.2, 0) is 11.2 Å². The lowest BCUT2D eigenvalue weighted by molar-refractivity contribution is -0.123. The van der Waals surface area contributed by atoms with Gasteiger partial charge in [0.15, 0.2) is 0 Å². The van der Waals surface area contributed by atoms with Crippen molar-refractivity contribution in [2.45, 2.75) is 44.6 Å². The topological polar surface area (TPSA) is 105 Å². The van der Waals surface area contributed by atoms with E-state index in [4.69, 9.17) is 5.73 Å². The van der Waals surface area contributed by atoms with Gasteiger partial charge in [0, 0.05) is 5.69 Å². The van der Waals surface area contributed by atoms with Gasteiger partial charge < -0.3 is 16.0 Å². The number of aromatic amines is 1. The van der Waals surface area contributed by atoms with E-state index in [1.54, 1.807) is 0 Å². The molecule has 0 radical (unpaired) electrons. The number of nitrogens with two attached hydrogens (primary N) is 1. The highest BCUT2D eigenvalue weighted by Gasteiger charge is 2.27. The number of rotatable bonds is 5. The van der Waals surface area contributed by atoms with Crippen LogP contribution in [0.25, 0.3) is 0 Å². The standard InChI is InChI=1S/C20H23N3O3/c1-2-13(12-7-4-3-5-8-12)19(25)22-16-9-6-10-17-14(16)11-15(18(21)24)20(26)23-17/h3-5,7-8,11,13,16H,2,6,9-10H2,1H3,(H2,21,24)(H,22,25)(H,23,26). The van der Waals surface area contributed by atoms with Crippen LogP contribution >= 0.6 is 0 Å². The molecule has 0 bridgehead atoms. The minimum absolute atomic E-state index is 0.0524. The summed E-state index contributed by atoms with van der Waals surface area (Å²) in [4.78, 5) is 39.1. The quantitative estimate of drug-likeness (QED) is 0.767. The molecule has 0 aliphatic heterocycles. The van der Waals surface area contributed by atoms with Gasteiger partial charge in [-0.15, -0.1) is 0 Å². The van der Waals surface area contributed by atoms with Crippen LogP contribution in [0.1, 0.15) is 65.3 Å². The second-order valence-electron chi connectivity index (χ2n) is 6.64. The highest BCUT2D eigenvalue weighted by molar-refractivity contribution is 5.92. The molecule has 0 spiro atoms. The molecule has 136 valence electrons. The Kier molecular flexibility index (Phi) is 5.21. The molecule has 2 atom stereocenters. The monoisotopic (exact) mass is 353 g/mol. The smallest absolute Gasteiger partial charge is 0.261 e. The number of amides is 2. The molecule has 2 amide bonds.